The lowest BCUT2D eigenvalue weighted by Crippen LogP contribution is -2.37. The summed E-state index contributed by atoms with van der Waals surface area (Å²) in [5, 5.41) is 6.51. The molecule has 7 nitrogen and oxygen atoms in total. The maximum Gasteiger partial charge on any atom is 0.253 e. The van der Waals surface area contributed by atoms with Crippen molar-refractivity contribution in [1.29, 1.82) is 0 Å². The van der Waals surface area contributed by atoms with Crippen molar-refractivity contribution in [2.75, 3.05) is 32.9 Å². The number of nitrogens with one attached hydrogen (secondary N) is 2. The highest BCUT2D eigenvalue weighted by Gasteiger charge is 2.12. The molecule has 0 aliphatic heterocycles. The Kier molecular flexibility index (Phi) is 9.05. The van der Waals surface area contributed by atoms with Crippen molar-refractivity contribution in [2.24, 2.45) is 4.99 Å². The van der Waals surface area contributed by atoms with E-state index in [1.807, 2.05) is 50.2 Å². The third-order valence-electron chi connectivity index (χ3n) is 4.99. The molecule has 8 heteroatoms. The van der Waals surface area contributed by atoms with E-state index >= 15 is 0 Å². The molecule has 2 aromatic rings. The maximum absolute atomic E-state index is 12.4. The van der Waals surface area contributed by atoms with E-state index in [4.69, 9.17) is 0 Å². The number of carbonyl (C=O) groups excluding carboxylic acids is 1. The van der Waals surface area contributed by atoms with Crippen LogP contribution in [0.5, 0.6) is 0 Å². The van der Waals surface area contributed by atoms with E-state index in [0.717, 1.165) is 17.5 Å². The molecule has 2 N–H and O–H groups in total. The predicted molar refractivity (Wildman–Crippen MR) is 125 cm³/mol. The molecule has 0 saturated heterocycles. The molecule has 0 spiro atoms. The summed E-state index contributed by atoms with van der Waals surface area (Å²) in [4.78, 5) is 18.7. The summed E-state index contributed by atoms with van der Waals surface area (Å²) in [5.41, 5.74) is 2.79. The zero-order chi connectivity index (χ0) is 22.9. The van der Waals surface area contributed by atoms with Gasteiger partial charge in [0.2, 0.25) is 0 Å². The number of guanidine groups is 1. The van der Waals surface area contributed by atoms with E-state index in [9.17, 15) is 13.2 Å². The van der Waals surface area contributed by atoms with Crippen LogP contribution in [0.15, 0.2) is 58.4 Å². The van der Waals surface area contributed by atoms with Crippen LogP contribution in [-0.2, 0) is 22.8 Å². The Hall–Kier alpha value is -2.87. The molecule has 0 aliphatic rings. The lowest BCUT2D eigenvalue weighted by molar-refractivity contribution is 0.0773. The average molecular weight is 445 g/mol. The number of benzene rings is 2. The normalized spacial score (nSPS) is 11.8. The van der Waals surface area contributed by atoms with Crippen molar-refractivity contribution < 1.29 is 13.2 Å². The van der Waals surface area contributed by atoms with Crippen LogP contribution in [0.25, 0.3) is 0 Å². The van der Waals surface area contributed by atoms with Crippen LogP contribution in [0, 0.1) is 0 Å². The minimum Gasteiger partial charge on any atom is -0.356 e. The number of sulfone groups is 1. The van der Waals surface area contributed by atoms with Gasteiger partial charge in [-0.15, -0.1) is 0 Å². The largest absolute Gasteiger partial charge is 0.356 e. The fourth-order valence-electron chi connectivity index (χ4n) is 3.09. The monoisotopic (exact) mass is 444 g/mol. The Bertz CT molecular complexity index is 980. The third-order valence-corrected chi connectivity index (χ3v) is 6.12. The van der Waals surface area contributed by atoms with Gasteiger partial charge in [-0.3, -0.25) is 9.79 Å². The van der Waals surface area contributed by atoms with Crippen molar-refractivity contribution >= 4 is 21.7 Å². The van der Waals surface area contributed by atoms with Gasteiger partial charge < -0.3 is 15.5 Å². The molecule has 31 heavy (non-hydrogen) atoms. The molecular weight excluding hydrogens is 412 g/mol. The second kappa shape index (κ2) is 11.5. The van der Waals surface area contributed by atoms with Gasteiger partial charge in [0.05, 0.1) is 4.90 Å². The maximum atomic E-state index is 12.4. The van der Waals surface area contributed by atoms with Crippen molar-refractivity contribution in [3.8, 4) is 0 Å². The van der Waals surface area contributed by atoms with Gasteiger partial charge in [0.25, 0.3) is 5.91 Å². The molecule has 2 aromatic carbocycles. The summed E-state index contributed by atoms with van der Waals surface area (Å²) in [6.45, 7) is 6.59. The molecule has 0 unspecified atom stereocenters. The number of carbonyl (C=O) groups is 1. The number of rotatable bonds is 9. The van der Waals surface area contributed by atoms with E-state index in [1.165, 1.54) is 6.26 Å². The Balaban J connectivity index is 1.82. The number of hydrogen-bond acceptors (Lipinski definition) is 4. The Morgan fingerprint density at radius 1 is 0.935 bits per heavy atom. The smallest absolute Gasteiger partial charge is 0.253 e. The summed E-state index contributed by atoms with van der Waals surface area (Å²) in [5.74, 6) is 0.725. The highest BCUT2D eigenvalue weighted by Crippen LogP contribution is 2.11. The summed E-state index contributed by atoms with van der Waals surface area (Å²) >= 11 is 0. The average Bonchev–Trinajstić information content (AvgIpc) is 2.77. The van der Waals surface area contributed by atoms with Crippen molar-refractivity contribution in [2.45, 2.75) is 31.7 Å². The predicted octanol–water partition coefficient (Wildman–Crippen LogP) is 2.48. The summed E-state index contributed by atoms with van der Waals surface area (Å²) in [6, 6.07) is 14.5. The molecule has 0 fully saturated rings. The third kappa shape index (κ3) is 7.40. The first-order valence-corrected chi connectivity index (χ1v) is 12.3. The molecular formula is C23H32N4O3S. The van der Waals surface area contributed by atoms with Crippen molar-refractivity contribution in [1.82, 2.24) is 15.5 Å². The standard InChI is InChI=1S/C23H32N4O3S/c1-5-27(6-2)22(28)20-11-7-19(8-12-20)17-26-23(24-3)25-16-15-18-9-13-21(14-10-18)31(4,29)30/h7-14H,5-6,15-17H2,1-4H3,(H2,24,25,26). The van der Waals surface area contributed by atoms with Crippen LogP contribution >= 0.6 is 0 Å². The van der Waals surface area contributed by atoms with Gasteiger partial charge in [0.15, 0.2) is 15.8 Å². The first kappa shape index (κ1) is 24.4. The quantitative estimate of drug-likeness (QED) is 0.458. The second-order valence-electron chi connectivity index (χ2n) is 7.19. The van der Waals surface area contributed by atoms with Gasteiger partial charge >= 0.3 is 0 Å². The molecule has 0 heterocycles. The summed E-state index contributed by atoms with van der Waals surface area (Å²) in [6.07, 6.45) is 1.95. The van der Waals surface area contributed by atoms with Crippen LogP contribution in [-0.4, -0.2) is 58.1 Å². The van der Waals surface area contributed by atoms with Gasteiger partial charge in [0, 0.05) is 45.0 Å². The first-order valence-electron chi connectivity index (χ1n) is 10.4. The van der Waals surface area contributed by atoms with Crippen LogP contribution in [0.2, 0.25) is 0 Å². The van der Waals surface area contributed by atoms with Gasteiger partial charge in [-0.05, 0) is 55.7 Å². The fraction of sp³-hybridized carbons (Fsp3) is 0.391. The van der Waals surface area contributed by atoms with Gasteiger partial charge in [0.1, 0.15) is 0 Å². The van der Waals surface area contributed by atoms with E-state index in [-0.39, 0.29) is 5.91 Å². The topological polar surface area (TPSA) is 90.9 Å². The molecule has 0 bridgehead atoms. The lowest BCUT2D eigenvalue weighted by atomic mass is 10.1. The van der Waals surface area contributed by atoms with Crippen LogP contribution in [0.1, 0.15) is 35.3 Å². The van der Waals surface area contributed by atoms with E-state index in [1.54, 1.807) is 24.1 Å². The molecule has 1 amide bonds. The molecule has 0 aliphatic carbocycles. The highest BCUT2D eigenvalue weighted by molar-refractivity contribution is 7.90. The van der Waals surface area contributed by atoms with Gasteiger partial charge in [-0.25, -0.2) is 8.42 Å². The molecule has 0 saturated carbocycles. The Morgan fingerprint density at radius 3 is 2.03 bits per heavy atom. The molecule has 2 rings (SSSR count). The molecule has 0 aromatic heterocycles. The first-order chi connectivity index (χ1) is 14.8. The van der Waals surface area contributed by atoms with Crippen LogP contribution in [0.3, 0.4) is 0 Å². The van der Waals surface area contributed by atoms with Crippen LogP contribution in [0.4, 0.5) is 0 Å². The minimum atomic E-state index is -3.17. The lowest BCUT2D eigenvalue weighted by Gasteiger charge is -2.18. The van der Waals surface area contributed by atoms with Crippen LogP contribution < -0.4 is 10.6 Å². The number of hydrogen-bond donors (Lipinski definition) is 2. The number of aliphatic imine (C=N–C) groups is 1. The van der Waals surface area contributed by atoms with Gasteiger partial charge in [-0.2, -0.15) is 0 Å². The van der Waals surface area contributed by atoms with Gasteiger partial charge in [-0.1, -0.05) is 24.3 Å². The summed E-state index contributed by atoms with van der Waals surface area (Å²) < 4.78 is 23.1. The van der Waals surface area contributed by atoms with Crippen molar-refractivity contribution in [3.05, 3.63) is 65.2 Å². The fourth-order valence-corrected chi connectivity index (χ4v) is 3.72. The minimum absolute atomic E-state index is 0.0477. The Morgan fingerprint density at radius 2 is 1.52 bits per heavy atom. The molecule has 168 valence electrons. The number of amides is 1. The van der Waals surface area contributed by atoms with E-state index in [0.29, 0.717) is 42.6 Å². The number of nitrogens with zero attached hydrogens (tertiary/aromatic N) is 2. The highest BCUT2D eigenvalue weighted by atomic mass is 32.2. The second-order valence-corrected chi connectivity index (χ2v) is 9.21. The Labute approximate surface area is 185 Å². The molecule has 0 radical (unpaired) electrons. The molecule has 0 atom stereocenters. The summed E-state index contributed by atoms with van der Waals surface area (Å²) in [7, 11) is -1.46. The van der Waals surface area contributed by atoms with E-state index < -0.39 is 9.84 Å². The van der Waals surface area contributed by atoms with E-state index in [2.05, 4.69) is 15.6 Å². The SMILES string of the molecule is CCN(CC)C(=O)c1ccc(CNC(=NC)NCCc2ccc(S(C)(=O)=O)cc2)cc1. The zero-order valence-corrected chi connectivity index (χ0v) is 19.5. The van der Waals surface area contributed by atoms with Crippen molar-refractivity contribution in [3.63, 3.8) is 0 Å². The zero-order valence-electron chi connectivity index (χ0n) is 18.7.